The Balaban J connectivity index is 2.35. The van der Waals surface area contributed by atoms with E-state index in [1.54, 1.807) is 6.07 Å². The molecule has 0 atom stereocenters. The third kappa shape index (κ3) is 3.44. The number of nitrogens with one attached hydrogen (secondary N) is 1. The van der Waals surface area contributed by atoms with Crippen LogP contribution in [0.5, 0.6) is 0 Å². The van der Waals surface area contributed by atoms with Gasteiger partial charge in [0.05, 0.1) is 5.69 Å². The summed E-state index contributed by atoms with van der Waals surface area (Å²) in [4.78, 5) is 8.71. The molecule has 2 aromatic rings. The molecule has 19 heavy (non-hydrogen) atoms. The van der Waals surface area contributed by atoms with Gasteiger partial charge >= 0.3 is 0 Å². The molecular formula is C14H17BrN4. The lowest BCUT2D eigenvalue weighted by Gasteiger charge is -2.11. The van der Waals surface area contributed by atoms with Gasteiger partial charge in [0.15, 0.2) is 0 Å². The van der Waals surface area contributed by atoms with Crippen LogP contribution >= 0.6 is 15.9 Å². The Morgan fingerprint density at radius 3 is 2.63 bits per heavy atom. The largest absolute Gasteiger partial charge is 0.384 e. The second-order valence-electron chi connectivity index (χ2n) is 4.80. The highest BCUT2D eigenvalue weighted by atomic mass is 79.9. The van der Waals surface area contributed by atoms with Crippen LogP contribution in [0.15, 0.2) is 28.7 Å². The molecular weight excluding hydrogens is 304 g/mol. The third-order valence-electron chi connectivity index (χ3n) is 2.66. The van der Waals surface area contributed by atoms with Crippen LogP contribution in [0, 0.1) is 6.92 Å². The van der Waals surface area contributed by atoms with E-state index in [0.29, 0.717) is 11.6 Å². The van der Waals surface area contributed by atoms with Gasteiger partial charge in [-0.1, -0.05) is 19.9 Å². The van der Waals surface area contributed by atoms with E-state index in [1.165, 1.54) is 5.56 Å². The summed E-state index contributed by atoms with van der Waals surface area (Å²) in [5.74, 6) is 2.17. The number of rotatable bonds is 3. The first-order valence-corrected chi connectivity index (χ1v) is 6.92. The van der Waals surface area contributed by atoms with Gasteiger partial charge in [-0.05, 0) is 40.5 Å². The second-order valence-corrected chi connectivity index (χ2v) is 5.65. The lowest BCUT2D eigenvalue weighted by Crippen LogP contribution is -2.05. The van der Waals surface area contributed by atoms with Gasteiger partial charge in [0.1, 0.15) is 17.5 Å². The Labute approximate surface area is 121 Å². The maximum absolute atomic E-state index is 5.82. The van der Waals surface area contributed by atoms with E-state index in [1.807, 2.05) is 32.9 Å². The molecule has 0 saturated heterocycles. The molecule has 0 saturated carbocycles. The molecule has 1 aromatic heterocycles. The highest BCUT2D eigenvalue weighted by Gasteiger charge is 2.08. The predicted molar refractivity (Wildman–Crippen MR) is 82.7 cm³/mol. The molecule has 4 nitrogen and oxygen atoms in total. The fourth-order valence-electron chi connectivity index (χ4n) is 1.68. The molecule has 0 bridgehead atoms. The van der Waals surface area contributed by atoms with E-state index in [4.69, 9.17) is 5.73 Å². The van der Waals surface area contributed by atoms with E-state index in [9.17, 15) is 0 Å². The first-order chi connectivity index (χ1) is 8.95. The molecule has 0 aliphatic rings. The highest BCUT2D eigenvalue weighted by molar-refractivity contribution is 9.10. The zero-order valence-electron chi connectivity index (χ0n) is 11.2. The number of halogens is 1. The Morgan fingerprint density at radius 1 is 1.21 bits per heavy atom. The van der Waals surface area contributed by atoms with Crippen molar-refractivity contribution in [2.24, 2.45) is 0 Å². The lowest BCUT2D eigenvalue weighted by molar-refractivity contribution is 0.779. The maximum Gasteiger partial charge on any atom is 0.136 e. The van der Waals surface area contributed by atoms with Gasteiger partial charge in [-0.2, -0.15) is 0 Å². The lowest BCUT2D eigenvalue weighted by atomic mass is 10.2. The van der Waals surface area contributed by atoms with Gasteiger partial charge in [-0.15, -0.1) is 0 Å². The van der Waals surface area contributed by atoms with Crippen molar-refractivity contribution in [1.29, 1.82) is 0 Å². The van der Waals surface area contributed by atoms with Crippen molar-refractivity contribution in [3.63, 3.8) is 0 Å². The van der Waals surface area contributed by atoms with E-state index >= 15 is 0 Å². The Hall–Kier alpha value is -1.62. The van der Waals surface area contributed by atoms with Crippen LogP contribution in [0.1, 0.15) is 31.2 Å². The molecule has 0 aliphatic heterocycles. The molecule has 0 radical (unpaired) electrons. The summed E-state index contributed by atoms with van der Waals surface area (Å²) in [5.41, 5.74) is 7.96. The number of nitrogen functional groups attached to an aromatic ring is 1. The first-order valence-electron chi connectivity index (χ1n) is 6.13. The SMILES string of the molecule is Cc1ccc(Br)c(Nc2cc(N)nc(C(C)C)n2)c1. The number of hydrogen-bond donors (Lipinski definition) is 2. The van der Waals surface area contributed by atoms with Crippen LogP contribution < -0.4 is 11.1 Å². The summed E-state index contributed by atoms with van der Waals surface area (Å²) in [6.45, 7) is 6.13. The number of anilines is 3. The van der Waals surface area contributed by atoms with Gasteiger partial charge in [-0.3, -0.25) is 0 Å². The van der Waals surface area contributed by atoms with Crippen molar-refractivity contribution in [1.82, 2.24) is 9.97 Å². The number of nitrogens with zero attached hydrogens (tertiary/aromatic N) is 2. The highest BCUT2D eigenvalue weighted by Crippen LogP contribution is 2.27. The standard InChI is InChI=1S/C14H17BrN4/c1-8(2)14-18-12(16)7-13(19-14)17-11-6-9(3)4-5-10(11)15/h4-8H,1-3H3,(H3,16,17,18,19). The minimum absolute atomic E-state index is 0.241. The number of aromatic nitrogens is 2. The molecule has 5 heteroatoms. The Kier molecular flexibility index (Phi) is 4.04. The average Bonchev–Trinajstić information content (AvgIpc) is 2.33. The van der Waals surface area contributed by atoms with Crippen molar-refractivity contribution in [2.75, 3.05) is 11.1 Å². The summed E-state index contributed by atoms with van der Waals surface area (Å²) in [6.07, 6.45) is 0. The normalized spacial score (nSPS) is 10.8. The van der Waals surface area contributed by atoms with Crippen LogP contribution in [0.4, 0.5) is 17.3 Å². The van der Waals surface area contributed by atoms with Crippen molar-refractivity contribution >= 4 is 33.3 Å². The average molecular weight is 321 g/mol. The molecule has 100 valence electrons. The number of aryl methyl sites for hydroxylation is 1. The zero-order chi connectivity index (χ0) is 14.0. The molecule has 0 unspecified atom stereocenters. The summed E-state index contributed by atoms with van der Waals surface area (Å²) in [7, 11) is 0. The first kappa shape index (κ1) is 13.8. The van der Waals surface area contributed by atoms with Crippen LogP contribution in [-0.2, 0) is 0 Å². The molecule has 0 aliphatic carbocycles. The van der Waals surface area contributed by atoms with Gasteiger partial charge < -0.3 is 11.1 Å². The van der Waals surface area contributed by atoms with E-state index < -0.39 is 0 Å². The third-order valence-corrected chi connectivity index (χ3v) is 3.36. The van der Waals surface area contributed by atoms with Crippen molar-refractivity contribution in [3.8, 4) is 0 Å². The van der Waals surface area contributed by atoms with Gasteiger partial charge in [-0.25, -0.2) is 9.97 Å². The minimum Gasteiger partial charge on any atom is -0.384 e. The van der Waals surface area contributed by atoms with Crippen LogP contribution in [-0.4, -0.2) is 9.97 Å². The van der Waals surface area contributed by atoms with E-state index in [-0.39, 0.29) is 5.92 Å². The summed E-state index contributed by atoms with van der Waals surface area (Å²) in [6, 6.07) is 7.84. The molecule has 1 heterocycles. The fraction of sp³-hybridized carbons (Fsp3) is 0.286. The van der Waals surface area contributed by atoms with Gasteiger partial charge in [0.25, 0.3) is 0 Å². The molecule has 0 fully saturated rings. The molecule has 2 rings (SSSR count). The molecule has 0 spiro atoms. The quantitative estimate of drug-likeness (QED) is 0.897. The molecule has 0 amide bonds. The van der Waals surface area contributed by atoms with Crippen LogP contribution in [0.2, 0.25) is 0 Å². The van der Waals surface area contributed by atoms with Crippen molar-refractivity contribution < 1.29 is 0 Å². The monoisotopic (exact) mass is 320 g/mol. The topological polar surface area (TPSA) is 63.8 Å². The number of benzene rings is 1. The summed E-state index contributed by atoms with van der Waals surface area (Å²) in [5, 5.41) is 3.27. The van der Waals surface area contributed by atoms with Crippen LogP contribution in [0.25, 0.3) is 0 Å². The van der Waals surface area contributed by atoms with E-state index in [0.717, 1.165) is 16.0 Å². The Morgan fingerprint density at radius 2 is 1.95 bits per heavy atom. The fourth-order valence-corrected chi connectivity index (χ4v) is 2.03. The summed E-state index contributed by atoms with van der Waals surface area (Å²) < 4.78 is 0.987. The molecule has 3 N–H and O–H groups in total. The van der Waals surface area contributed by atoms with Crippen molar-refractivity contribution in [2.45, 2.75) is 26.7 Å². The number of hydrogen-bond acceptors (Lipinski definition) is 4. The predicted octanol–water partition coefficient (Wildman–Crippen LogP) is 4.00. The number of nitrogens with two attached hydrogens (primary N) is 1. The maximum atomic E-state index is 5.82. The smallest absolute Gasteiger partial charge is 0.136 e. The van der Waals surface area contributed by atoms with Crippen LogP contribution in [0.3, 0.4) is 0 Å². The van der Waals surface area contributed by atoms with E-state index in [2.05, 4.69) is 37.3 Å². The van der Waals surface area contributed by atoms with Gasteiger partial charge in [0.2, 0.25) is 0 Å². The molecule has 1 aromatic carbocycles. The minimum atomic E-state index is 0.241. The summed E-state index contributed by atoms with van der Waals surface area (Å²) >= 11 is 3.52. The van der Waals surface area contributed by atoms with Crippen molar-refractivity contribution in [3.05, 3.63) is 40.1 Å². The van der Waals surface area contributed by atoms with Gasteiger partial charge in [0, 0.05) is 16.5 Å². The second kappa shape index (κ2) is 5.57. The zero-order valence-corrected chi connectivity index (χ0v) is 12.8. The Bertz CT molecular complexity index is 596.